The molecule has 0 unspecified atom stereocenters. The molecule has 0 spiro atoms. The van der Waals surface area contributed by atoms with E-state index in [0.717, 1.165) is 37.3 Å². The Morgan fingerprint density at radius 2 is 1.41 bits per heavy atom. The maximum atomic E-state index is 12.5. The molecule has 0 N–H and O–H groups in total. The normalized spacial score (nSPS) is 14.8. The fourth-order valence-corrected chi connectivity index (χ4v) is 2.56. The van der Waals surface area contributed by atoms with E-state index in [1.807, 2.05) is 0 Å². The van der Waals surface area contributed by atoms with Gasteiger partial charge in [-0.25, -0.2) is 9.59 Å². The van der Waals surface area contributed by atoms with Gasteiger partial charge < -0.3 is 28.6 Å². The Kier molecular flexibility index (Phi) is 7.83. The number of esters is 2. The maximum Gasteiger partial charge on any atom is 0.422 e. The number of carbonyl (C=O) groups excluding carboxylic acids is 2. The number of anilines is 1. The van der Waals surface area contributed by atoms with Crippen LogP contribution in [-0.4, -0.2) is 65.1 Å². The SMILES string of the molecule is COC(=O)C1=C(C(=O)OC)N(c2cc(OCC(F)(F)F)cc(OCC(F)(F)F)c2)COC1. The van der Waals surface area contributed by atoms with E-state index in [0.29, 0.717) is 0 Å². The smallest absolute Gasteiger partial charge is 0.422 e. The lowest BCUT2D eigenvalue weighted by Crippen LogP contribution is -2.38. The minimum Gasteiger partial charge on any atom is -0.484 e. The highest BCUT2D eigenvalue weighted by molar-refractivity contribution is 6.03. The zero-order valence-electron chi connectivity index (χ0n) is 16.6. The molecular weight excluding hydrogens is 456 g/mol. The van der Waals surface area contributed by atoms with Gasteiger partial charge in [0.15, 0.2) is 13.2 Å². The van der Waals surface area contributed by atoms with Gasteiger partial charge >= 0.3 is 24.3 Å². The van der Waals surface area contributed by atoms with Crippen LogP contribution in [0, 0.1) is 0 Å². The van der Waals surface area contributed by atoms with Gasteiger partial charge in [0.2, 0.25) is 0 Å². The summed E-state index contributed by atoms with van der Waals surface area (Å²) in [6.07, 6.45) is -9.46. The van der Waals surface area contributed by atoms with E-state index >= 15 is 0 Å². The summed E-state index contributed by atoms with van der Waals surface area (Å²) in [7, 11) is 2.05. The summed E-state index contributed by atoms with van der Waals surface area (Å²) in [5, 5.41) is 0. The predicted octanol–water partition coefficient (Wildman–Crippen LogP) is 2.96. The van der Waals surface area contributed by atoms with Crippen molar-refractivity contribution < 1.29 is 59.6 Å². The molecule has 32 heavy (non-hydrogen) atoms. The zero-order chi connectivity index (χ0) is 24.1. The van der Waals surface area contributed by atoms with Gasteiger partial charge in [0.05, 0.1) is 32.1 Å². The Morgan fingerprint density at radius 1 is 0.906 bits per heavy atom. The topological polar surface area (TPSA) is 83.5 Å². The molecule has 0 saturated heterocycles. The maximum absolute atomic E-state index is 12.5. The van der Waals surface area contributed by atoms with E-state index in [4.69, 9.17) is 4.74 Å². The molecule has 1 heterocycles. The summed E-state index contributed by atoms with van der Waals surface area (Å²) in [5.74, 6) is -2.99. The summed E-state index contributed by atoms with van der Waals surface area (Å²) < 4.78 is 98.9. The molecule has 0 fully saturated rings. The molecule has 1 aliphatic rings. The van der Waals surface area contributed by atoms with Crippen LogP contribution in [0.15, 0.2) is 29.5 Å². The van der Waals surface area contributed by atoms with Gasteiger partial charge in [-0.3, -0.25) is 0 Å². The number of benzene rings is 1. The number of methoxy groups -OCH3 is 2. The first-order valence-electron chi connectivity index (χ1n) is 8.64. The number of carbonyl (C=O) groups is 2. The molecule has 0 radical (unpaired) electrons. The first-order chi connectivity index (χ1) is 14.8. The van der Waals surface area contributed by atoms with Crippen molar-refractivity contribution in [1.82, 2.24) is 0 Å². The molecule has 1 aliphatic heterocycles. The first-order valence-corrected chi connectivity index (χ1v) is 8.64. The van der Waals surface area contributed by atoms with Crippen molar-refractivity contribution in [2.45, 2.75) is 12.4 Å². The largest absolute Gasteiger partial charge is 0.484 e. The van der Waals surface area contributed by atoms with Crippen LogP contribution in [0.3, 0.4) is 0 Å². The third kappa shape index (κ3) is 6.93. The number of halogens is 6. The second kappa shape index (κ2) is 9.97. The third-order valence-electron chi connectivity index (χ3n) is 3.81. The highest BCUT2D eigenvalue weighted by Crippen LogP contribution is 2.34. The van der Waals surface area contributed by atoms with Gasteiger partial charge in [-0.1, -0.05) is 0 Å². The van der Waals surface area contributed by atoms with E-state index in [-0.39, 0.29) is 23.6 Å². The summed E-state index contributed by atoms with van der Waals surface area (Å²) in [5.41, 5.74) is -0.811. The number of hydrogen-bond donors (Lipinski definition) is 0. The van der Waals surface area contributed by atoms with E-state index in [1.165, 1.54) is 0 Å². The van der Waals surface area contributed by atoms with Gasteiger partial charge in [0.1, 0.15) is 23.9 Å². The van der Waals surface area contributed by atoms with Crippen LogP contribution >= 0.6 is 0 Å². The molecule has 14 heteroatoms. The molecule has 0 atom stereocenters. The van der Waals surface area contributed by atoms with Crippen LogP contribution in [0.2, 0.25) is 0 Å². The van der Waals surface area contributed by atoms with Crippen LogP contribution in [0.1, 0.15) is 0 Å². The fourth-order valence-electron chi connectivity index (χ4n) is 2.56. The number of alkyl halides is 6. The van der Waals surface area contributed by atoms with Gasteiger partial charge in [0, 0.05) is 18.2 Å². The van der Waals surface area contributed by atoms with Crippen LogP contribution in [-0.2, 0) is 23.8 Å². The number of hydrogen-bond acceptors (Lipinski definition) is 8. The Labute approximate surface area is 177 Å². The fraction of sp³-hybridized carbons (Fsp3) is 0.444. The monoisotopic (exact) mass is 473 g/mol. The third-order valence-corrected chi connectivity index (χ3v) is 3.81. The number of nitrogens with zero attached hydrogens (tertiary/aromatic N) is 1. The summed E-state index contributed by atoms with van der Waals surface area (Å²) in [6.45, 7) is -4.22. The lowest BCUT2D eigenvalue weighted by Gasteiger charge is -2.31. The van der Waals surface area contributed by atoms with Crippen molar-refractivity contribution in [2.24, 2.45) is 0 Å². The molecule has 178 valence electrons. The molecule has 1 aromatic rings. The average Bonchev–Trinajstić information content (AvgIpc) is 2.73. The van der Waals surface area contributed by atoms with Crippen molar-refractivity contribution in [3.05, 3.63) is 29.5 Å². The first kappa shape index (κ1) is 25.1. The van der Waals surface area contributed by atoms with Gasteiger partial charge in [-0.2, -0.15) is 26.3 Å². The molecule has 1 aromatic carbocycles. The average molecular weight is 473 g/mol. The molecule has 0 aromatic heterocycles. The summed E-state index contributed by atoms with van der Waals surface area (Å²) in [4.78, 5) is 25.4. The Hall–Kier alpha value is -3.16. The van der Waals surface area contributed by atoms with Crippen LogP contribution in [0.5, 0.6) is 11.5 Å². The Morgan fingerprint density at radius 3 is 1.84 bits per heavy atom. The molecule has 0 saturated carbocycles. The van der Waals surface area contributed by atoms with Crippen LogP contribution in [0.25, 0.3) is 0 Å². The van der Waals surface area contributed by atoms with Crippen molar-refractivity contribution in [3.63, 3.8) is 0 Å². The van der Waals surface area contributed by atoms with E-state index < -0.39 is 55.7 Å². The van der Waals surface area contributed by atoms with Crippen molar-refractivity contribution >= 4 is 17.6 Å². The molecule has 0 aliphatic carbocycles. The minimum absolute atomic E-state index is 0.164. The van der Waals surface area contributed by atoms with Crippen LogP contribution < -0.4 is 14.4 Å². The van der Waals surface area contributed by atoms with E-state index in [1.54, 1.807) is 0 Å². The lowest BCUT2D eigenvalue weighted by molar-refractivity contribution is -0.154. The van der Waals surface area contributed by atoms with Crippen molar-refractivity contribution in [3.8, 4) is 11.5 Å². The summed E-state index contributed by atoms with van der Waals surface area (Å²) in [6, 6.07) is 2.81. The molecule has 0 amide bonds. The van der Waals surface area contributed by atoms with Crippen LogP contribution in [0.4, 0.5) is 32.0 Å². The Balaban J connectivity index is 2.53. The van der Waals surface area contributed by atoms with Gasteiger partial charge in [-0.05, 0) is 0 Å². The van der Waals surface area contributed by atoms with Gasteiger partial charge in [0.25, 0.3) is 0 Å². The van der Waals surface area contributed by atoms with E-state index in [9.17, 15) is 35.9 Å². The van der Waals surface area contributed by atoms with Gasteiger partial charge in [-0.15, -0.1) is 0 Å². The highest BCUT2D eigenvalue weighted by atomic mass is 19.4. The minimum atomic E-state index is -4.73. The predicted molar refractivity (Wildman–Crippen MR) is 93.9 cm³/mol. The Bertz CT molecular complexity index is 845. The second-order valence-corrected chi connectivity index (χ2v) is 6.19. The lowest BCUT2D eigenvalue weighted by atomic mass is 10.1. The molecular formula is C18H17F6NO7. The summed E-state index contributed by atoms with van der Waals surface area (Å²) >= 11 is 0. The number of ether oxygens (including phenoxy) is 5. The highest BCUT2D eigenvalue weighted by Gasteiger charge is 2.34. The van der Waals surface area contributed by atoms with E-state index in [2.05, 4.69) is 18.9 Å². The standard InChI is InChI=1S/C18H17F6NO7/c1-28-15(26)13-6-30-9-25(14(13)16(27)29-2)10-3-11(31-7-17(19,20)21)5-12(4-10)32-8-18(22,23)24/h3-5H,6-9H2,1-2H3. The molecule has 8 nitrogen and oxygen atoms in total. The molecule has 0 bridgehead atoms. The molecule has 2 rings (SSSR count). The second-order valence-electron chi connectivity index (χ2n) is 6.19. The van der Waals surface area contributed by atoms with Crippen molar-refractivity contribution in [1.29, 1.82) is 0 Å². The quantitative estimate of drug-likeness (QED) is 0.442. The number of rotatable bonds is 7. The van der Waals surface area contributed by atoms with Crippen molar-refractivity contribution in [2.75, 3.05) is 45.7 Å². The zero-order valence-corrected chi connectivity index (χ0v) is 16.6.